The number of hydrogen-bond donors (Lipinski definition) is 1. The van der Waals surface area contributed by atoms with E-state index in [0.29, 0.717) is 6.04 Å². The van der Waals surface area contributed by atoms with Gasteiger partial charge in [0.1, 0.15) is 0 Å². The highest BCUT2D eigenvalue weighted by Crippen LogP contribution is 2.21. The molecule has 2 nitrogen and oxygen atoms in total. The molecule has 1 aliphatic rings. The van der Waals surface area contributed by atoms with E-state index in [1.807, 2.05) is 0 Å². The molecule has 1 saturated heterocycles. The van der Waals surface area contributed by atoms with Crippen LogP contribution in [-0.2, 0) is 6.54 Å². The minimum absolute atomic E-state index is 0.225. The van der Waals surface area contributed by atoms with Crippen LogP contribution in [0.3, 0.4) is 0 Å². The number of aryl methyl sites for hydroxylation is 2. The smallest absolute Gasteiger partial charge is 0.0253 e. The SMILES string of the molecule is CCCC1CNC(C)(C)CN1Cc1cc(C)cc(C)c1. The van der Waals surface area contributed by atoms with Crippen LogP contribution in [0.5, 0.6) is 0 Å². The molecule has 0 amide bonds. The number of piperazine rings is 1. The van der Waals surface area contributed by atoms with Crippen molar-refractivity contribution in [3.8, 4) is 0 Å². The van der Waals surface area contributed by atoms with E-state index >= 15 is 0 Å². The number of rotatable bonds is 4. The highest BCUT2D eigenvalue weighted by Gasteiger charge is 2.31. The summed E-state index contributed by atoms with van der Waals surface area (Å²) in [6.07, 6.45) is 2.55. The Kier molecular flexibility index (Phi) is 4.87. The number of nitrogens with one attached hydrogen (secondary N) is 1. The van der Waals surface area contributed by atoms with Crippen molar-refractivity contribution in [2.45, 2.75) is 65.6 Å². The van der Waals surface area contributed by atoms with E-state index in [-0.39, 0.29) is 5.54 Å². The minimum atomic E-state index is 0.225. The second-order valence-corrected chi connectivity index (χ2v) is 7.11. The van der Waals surface area contributed by atoms with E-state index in [1.165, 1.54) is 29.5 Å². The van der Waals surface area contributed by atoms with Crippen LogP contribution in [0.2, 0.25) is 0 Å². The van der Waals surface area contributed by atoms with E-state index < -0.39 is 0 Å². The van der Waals surface area contributed by atoms with Gasteiger partial charge in [-0.3, -0.25) is 4.90 Å². The molecule has 112 valence electrons. The Morgan fingerprint density at radius 3 is 2.45 bits per heavy atom. The maximum Gasteiger partial charge on any atom is 0.0253 e. The summed E-state index contributed by atoms with van der Waals surface area (Å²) in [6, 6.07) is 7.61. The van der Waals surface area contributed by atoms with Crippen LogP contribution in [0.25, 0.3) is 0 Å². The molecule has 20 heavy (non-hydrogen) atoms. The zero-order valence-corrected chi connectivity index (χ0v) is 13.8. The first-order valence-corrected chi connectivity index (χ1v) is 7.96. The number of nitrogens with zero attached hydrogens (tertiary/aromatic N) is 1. The van der Waals surface area contributed by atoms with Crippen LogP contribution in [0, 0.1) is 13.8 Å². The van der Waals surface area contributed by atoms with Crippen LogP contribution in [0.4, 0.5) is 0 Å². The molecule has 0 bridgehead atoms. The van der Waals surface area contributed by atoms with E-state index in [1.54, 1.807) is 0 Å². The Balaban J connectivity index is 2.13. The molecule has 1 aromatic carbocycles. The van der Waals surface area contributed by atoms with Gasteiger partial charge in [-0.15, -0.1) is 0 Å². The summed E-state index contributed by atoms with van der Waals surface area (Å²) < 4.78 is 0. The minimum Gasteiger partial charge on any atom is -0.309 e. The molecular formula is C18H30N2. The molecule has 0 saturated carbocycles. The Morgan fingerprint density at radius 1 is 1.20 bits per heavy atom. The van der Waals surface area contributed by atoms with Gasteiger partial charge in [0.25, 0.3) is 0 Å². The van der Waals surface area contributed by atoms with Gasteiger partial charge < -0.3 is 5.32 Å². The van der Waals surface area contributed by atoms with Gasteiger partial charge in [-0.1, -0.05) is 42.7 Å². The summed E-state index contributed by atoms with van der Waals surface area (Å²) in [4.78, 5) is 2.67. The lowest BCUT2D eigenvalue weighted by molar-refractivity contribution is 0.0826. The second-order valence-electron chi connectivity index (χ2n) is 7.11. The molecular weight excluding hydrogens is 244 g/mol. The van der Waals surface area contributed by atoms with Crippen molar-refractivity contribution in [3.05, 3.63) is 34.9 Å². The highest BCUT2D eigenvalue weighted by molar-refractivity contribution is 5.28. The van der Waals surface area contributed by atoms with Crippen LogP contribution < -0.4 is 5.32 Å². The van der Waals surface area contributed by atoms with Crippen LogP contribution in [0.15, 0.2) is 18.2 Å². The van der Waals surface area contributed by atoms with Gasteiger partial charge in [-0.05, 0) is 39.7 Å². The lowest BCUT2D eigenvalue weighted by atomic mass is 9.95. The third kappa shape index (κ3) is 4.07. The van der Waals surface area contributed by atoms with Gasteiger partial charge in [-0.25, -0.2) is 0 Å². The largest absolute Gasteiger partial charge is 0.309 e. The average Bonchev–Trinajstić information content (AvgIpc) is 2.31. The summed E-state index contributed by atoms with van der Waals surface area (Å²) in [7, 11) is 0. The Morgan fingerprint density at radius 2 is 1.85 bits per heavy atom. The molecule has 0 radical (unpaired) electrons. The Hall–Kier alpha value is -0.860. The van der Waals surface area contributed by atoms with Crippen molar-refractivity contribution in [1.29, 1.82) is 0 Å². The second kappa shape index (κ2) is 6.28. The van der Waals surface area contributed by atoms with Crippen molar-refractivity contribution in [3.63, 3.8) is 0 Å². The van der Waals surface area contributed by atoms with Gasteiger partial charge in [0.15, 0.2) is 0 Å². The summed E-state index contributed by atoms with van der Waals surface area (Å²) in [6.45, 7) is 14.6. The highest BCUT2D eigenvalue weighted by atomic mass is 15.2. The van der Waals surface area contributed by atoms with Gasteiger partial charge in [0.05, 0.1) is 0 Å². The topological polar surface area (TPSA) is 15.3 Å². The van der Waals surface area contributed by atoms with E-state index in [0.717, 1.165) is 19.6 Å². The average molecular weight is 274 g/mol. The summed E-state index contributed by atoms with van der Waals surface area (Å²) in [5.41, 5.74) is 4.44. The van der Waals surface area contributed by atoms with Crippen molar-refractivity contribution in [2.24, 2.45) is 0 Å². The first kappa shape index (κ1) is 15.5. The zero-order valence-electron chi connectivity index (χ0n) is 13.8. The van der Waals surface area contributed by atoms with Gasteiger partial charge in [0, 0.05) is 31.2 Å². The fourth-order valence-corrected chi connectivity index (χ4v) is 3.41. The molecule has 2 rings (SSSR count). The molecule has 0 aliphatic carbocycles. The molecule has 1 heterocycles. The predicted octanol–water partition coefficient (Wildman–Crippen LogP) is 3.66. The van der Waals surface area contributed by atoms with Crippen LogP contribution in [0.1, 0.15) is 50.3 Å². The zero-order chi connectivity index (χ0) is 14.8. The van der Waals surface area contributed by atoms with Gasteiger partial charge in [-0.2, -0.15) is 0 Å². The molecule has 0 spiro atoms. The quantitative estimate of drug-likeness (QED) is 0.901. The lowest BCUT2D eigenvalue weighted by Crippen LogP contribution is -2.61. The van der Waals surface area contributed by atoms with E-state index in [9.17, 15) is 0 Å². The summed E-state index contributed by atoms with van der Waals surface area (Å²) in [5, 5.41) is 3.69. The molecule has 2 heteroatoms. The Labute approximate surface area is 124 Å². The summed E-state index contributed by atoms with van der Waals surface area (Å²) in [5.74, 6) is 0. The first-order chi connectivity index (χ1) is 9.39. The van der Waals surface area contributed by atoms with Crippen molar-refractivity contribution in [1.82, 2.24) is 10.2 Å². The molecule has 1 unspecified atom stereocenters. The first-order valence-electron chi connectivity index (χ1n) is 7.96. The number of hydrogen-bond acceptors (Lipinski definition) is 2. The van der Waals surface area contributed by atoms with Crippen molar-refractivity contribution < 1.29 is 0 Å². The number of benzene rings is 1. The van der Waals surface area contributed by atoms with Gasteiger partial charge in [0.2, 0.25) is 0 Å². The van der Waals surface area contributed by atoms with E-state index in [4.69, 9.17) is 0 Å². The normalized spacial score (nSPS) is 22.9. The Bertz CT molecular complexity index is 430. The van der Waals surface area contributed by atoms with Crippen molar-refractivity contribution >= 4 is 0 Å². The van der Waals surface area contributed by atoms with Crippen molar-refractivity contribution in [2.75, 3.05) is 13.1 Å². The third-order valence-electron chi connectivity index (χ3n) is 4.22. The third-order valence-corrected chi connectivity index (χ3v) is 4.22. The lowest BCUT2D eigenvalue weighted by Gasteiger charge is -2.45. The molecule has 1 aliphatic heterocycles. The summed E-state index contributed by atoms with van der Waals surface area (Å²) >= 11 is 0. The maximum absolute atomic E-state index is 3.69. The predicted molar refractivity (Wildman–Crippen MR) is 87.1 cm³/mol. The van der Waals surface area contributed by atoms with Crippen LogP contribution in [-0.4, -0.2) is 29.6 Å². The molecule has 1 aromatic rings. The molecule has 1 fully saturated rings. The standard InChI is InChI=1S/C18H30N2/c1-6-7-17-11-19-18(4,5)13-20(17)12-16-9-14(2)8-15(3)10-16/h8-10,17,19H,6-7,11-13H2,1-5H3. The molecule has 1 N–H and O–H groups in total. The molecule has 1 atom stereocenters. The molecule has 0 aromatic heterocycles. The fourth-order valence-electron chi connectivity index (χ4n) is 3.41. The fraction of sp³-hybridized carbons (Fsp3) is 0.667. The van der Waals surface area contributed by atoms with Gasteiger partial charge >= 0.3 is 0 Å². The monoisotopic (exact) mass is 274 g/mol. The van der Waals surface area contributed by atoms with E-state index in [2.05, 4.69) is 63.0 Å². The maximum atomic E-state index is 3.69. The van der Waals surface area contributed by atoms with Crippen LogP contribution >= 0.6 is 0 Å².